The lowest BCUT2D eigenvalue weighted by Crippen LogP contribution is -2.31. The van der Waals surface area contributed by atoms with Gasteiger partial charge in [-0.2, -0.15) is 0 Å². The molecular weight excluding hydrogens is 290 g/mol. The summed E-state index contributed by atoms with van der Waals surface area (Å²) in [7, 11) is 1.61. The second-order valence-corrected chi connectivity index (χ2v) is 5.60. The van der Waals surface area contributed by atoms with Crippen LogP contribution in [0.5, 0.6) is 11.5 Å². The van der Waals surface area contributed by atoms with Crippen molar-refractivity contribution in [2.24, 2.45) is 0 Å². The number of rotatable bonds is 6. The monoisotopic (exact) mass is 313 g/mol. The van der Waals surface area contributed by atoms with E-state index in [1.807, 2.05) is 13.0 Å². The Bertz CT molecular complexity index is 665. The maximum Gasteiger partial charge on any atom is 0.258 e. The molecule has 4 nitrogen and oxygen atoms in total. The van der Waals surface area contributed by atoms with Crippen molar-refractivity contribution in [1.82, 2.24) is 5.32 Å². The van der Waals surface area contributed by atoms with E-state index in [4.69, 9.17) is 9.47 Å². The Morgan fingerprint density at radius 2 is 1.70 bits per heavy atom. The quantitative estimate of drug-likeness (QED) is 0.887. The van der Waals surface area contributed by atoms with Gasteiger partial charge in [-0.1, -0.05) is 18.2 Å². The third-order valence-electron chi connectivity index (χ3n) is 3.84. The number of hydrogen-bond donors (Lipinski definition) is 1. The summed E-state index contributed by atoms with van der Waals surface area (Å²) >= 11 is 0. The topological polar surface area (TPSA) is 47.6 Å². The van der Waals surface area contributed by atoms with Crippen LogP contribution >= 0.6 is 0 Å². The van der Waals surface area contributed by atoms with Crippen LogP contribution in [-0.4, -0.2) is 19.6 Å². The Labute approximate surface area is 137 Å². The molecule has 1 atom stereocenters. The Kier molecular flexibility index (Phi) is 5.63. The van der Waals surface area contributed by atoms with Gasteiger partial charge in [-0.15, -0.1) is 0 Å². The lowest BCUT2D eigenvalue weighted by Gasteiger charge is -2.16. The minimum Gasteiger partial charge on any atom is -0.497 e. The zero-order valence-electron chi connectivity index (χ0n) is 14.1. The molecular formula is C19H23NO3. The highest BCUT2D eigenvalue weighted by atomic mass is 16.5. The van der Waals surface area contributed by atoms with Crippen LogP contribution in [0, 0.1) is 13.8 Å². The molecule has 2 rings (SSSR count). The van der Waals surface area contributed by atoms with Crippen molar-refractivity contribution in [2.75, 3.05) is 13.7 Å². The SMILES string of the molecule is COc1ccc(OCC(=O)N[C@H](C)c2ccc(C)c(C)c2)cc1. The van der Waals surface area contributed by atoms with Gasteiger partial charge in [-0.05, 0) is 61.7 Å². The van der Waals surface area contributed by atoms with E-state index in [-0.39, 0.29) is 18.6 Å². The molecule has 0 saturated heterocycles. The average molecular weight is 313 g/mol. The van der Waals surface area contributed by atoms with Crippen molar-refractivity contribution in [3.63, 3.8) is 0 Å². The molecule has 0 saturated carbocycles. The molecule has 0 aliphatic rings. The second kappa shape index (κ2) is 7.68. The molecule has 0 spiro atoms. The summed E-state index contributed by atoms with van der Waals surface area (Å²) in [5.74, 6) is 1.25. The van der Waals surface area contributed by atoms with Gasteiger partial charge >= 0.3 is 0 Å². The lowest BCUT2D eigenvalue weighted by atomic mass is 10.0. The van der Waals surface area contributed by atoms with Crippen LogP contribution in [0.15, 0.2) is 42.5 Å². The van der Waals surface area contributed by atoms with Gasteiger partial charge < -0.3 is 14.8 Å². The van der Waals surface area contributed by atoms with Crippen LogP contribution in [-0.2, 0) is 4.79 Å². The minimum atomic E-state index is -0.147. The van der Waals surface area contributed by atoms with Crippen LogP contribution in [0.2, 0.25) is 0 Å². The highest BCUT2D eigenvalue weighted by Crippen LogP contribution is 2.18. The minimum absolute atomic E-state index is 0.0124. The molecule has 1 amide bonds. The number of aryl methyl sites for hydroxylation is 2. The summed E-state index contributed by atoms with van der Waals surface area (Å²) in [5.41, 5.74) is 3.55. The predicted octanol–water partition coefficient (Wildman–Crippen LogP) is 3.57. The standard InChI is InChI=1S/C19H23NO3/c1-13-5-6-16(11-14(13)2)15(3)20-19(21)12-23-18-9-7-17(22-4)8-10-18/h5-11,15H,12H2,1-4H3,(H,20,21)/t15-/m1/s1. The molecule has 23 heavy (non-hydrogen) atoms. The number of amides is 1. The van der Waals surface area contributed by atoms with E-state index < -0.39 is 0 Å². The van der Waals surface area contributed by atoms with Crippen molar-refractivity contribution in [2.45, 2.75) is 26.8 Å². The fourth-order valence-corrected chi connectivity index (χ4v) is 2.22. The summed E-state index contributed by atoms with van der Waals surface area (Å²) < 4.78 is 10.6. The van der Waals surface area contributed by atoms with Gasteiger partial charge in [0.2, 0.25) is 0 Å². The fraction of sp³-hybridized carbons (Fsp3) is 0.316. The highest BCUT2D eigenvalue weighted by molar-refractivity contribution is 5.78. The first-order valence-corrected chi connectivity index (χ1v) is 7.63. The average Bonchev–Trinajstić information content (AvgIpc) is 2.55. The maximum absolute atomic E-state index is 12.0. The molecule has 0 fully saturated rings. The first-order valence-electron chi connectivity index (χ1n) is 7.63. The molecule has 0 radical (unpaired) electrons. The summed E-state index contributed by atoms with van der Waals surface area (Å²) in [6.07, 6.45) is 0. The largest absolute Gasteiger partial charge is 0.497 e. The lowest BCUT2D eigenvalue weighted by molar-refractivity contribution is -0.123. The van der Waals surface area contributed by atoms with Crippen molar-refractivity contribution in [3.8, 4) is 11.5 Å². The van der Waals surface area contributed by atoms with E-state index in [1.165, 1.54) is 11.1 Å². The molecule has 0 aliphatic carbocycles. The van der Waals surface area contributed by atoms with Crippen LogP contribution in [0.4, 0.5) is 0 Å². The van der Waals surface area contributed by atoms with Gasteiger partial charge in [0.15, 0.2) is 6.61 Å². The molecule has 0 aliphatic heterocycles. The van der Waals surface area contributed by atoms with E-state index in [9.17, 15) is 4.79 Å². The number of carbonyl (C=O) groups is 1. The Hall–Kier alpha value is -2.49. The van der Waals surface area contributed by atoms with Crippen molar-refractivity contribution < 1.29 is 14.3 Å². The zero-order valence-corrected chi connectivity index (χ0v) is 14.1. The molecule has 4 heteroatoms. The normalized spacial score (nSPS) is 11.7. The first kappa shape index (κ1) is 16.9. The van der Waals surface area contributed by atoms with Gasteiger partial charge in [0.05, 0.1) is 13.2 Å². The Balaban J connectivity index is 1.86. The van der Waals surface area contributed by atoms with E-state index in [0.717, 1.165) is 11.3 Å². The summed E-state index contributed by atoms with van der Waals surface area (Å²) in [4.78, 5) is 12.0. The fourth-order valence-electron chi connectivity index (χ4n) is 2.22. The summed E-state index contributed by atoms with van der Waals surface area (Å²) in [6, 6.07) is 13.3. The van der Waals surface area contributed by atoms with Gasteiger partial charge in [-0.3, -0.25) is 4.79 Å². The molecule has 1 N–H and O–H groups in total. The Morgan fingerprint density at radius 1 is 1.04 bits per heavy atom. The van der Waals surface area contributed by atoms with Crippen LogP contribution in [0.25, 0.3) is 0 Å². The molecule has 2 aromatic carbocycles. The van der Waals surface area contributed by atoms with E-state index in [0.29, 0.717) is 5.75 Å². The van der Waals surface area contributed by atoms with Crippen LogP contribution in [0.1, 0.15) is 29.7 Å². The first-order chi connectivity index (χ1) is 11.0. The Morgan fingerprint density at radius 3 is 2.30 bits per heavy atom. The van der Waals surface area contributed by atoms with E-state index in [1.54, 1.807) is 31.4 Å². The maximum atomic E-state index is 12.0. The van der Waals surface area contributed by atoms with Gasteiger partial charge in [0.1, 0.15) is 11.5 Å². The molecule has 0 bridgehead atoms. The number of methoxy groups -OCH3 is 1. The van der Waals surface area contributed by atoms with Crippen LogP contribution in [0.3, 0.4) is 0 Å². The second-order valence-electron chi connectivity index (χ2n) is 5.60. The molecule has 0 unspecified atom stereocenters. The van der Waals surface area contributed by atoms with Gasteiger partial charge in [0.25, 0.3) is 5.91 Å². The third kappa shape index (κ3) is 4.74. The summed E-state index contributed by atoms with van der Waals surface area (Å²) in [5, 5.41) is 2.95. The van der Waals surface area contributed by atoms with Crippen molar-refractivity contribution >= 4 is 5.91 Å². The van der Waals surface area contributed by atoms with Crippen molar-refractivity contribution in [1.29, 1.82) is 0 Å². The van der Waals surface area contributed by atoms with E-state index in [2.05, 4.69) is 31.3 Å². The molecule has 2 aromatic rings. The van der Waals surface area contributed by atoms with E-state index >= 15 is 0 Å². The smallest absolute Gasteiger partial charge is 0.258 e. The summed E-state index contributed by atoms with van der Waals surface area (Å²) in [6.45, 7) is 6.10. The van der Waals surface area contributed by atoms with Gasteiger partial charge in [-0.25, -0.2) is 0 Å². The molecule has 0 heterocycles. The molecule has 122 valence electrons. The number of hydrogen-bond acceptors (Lipinski definition) is 3. The number of benzene rings is 2. The number of nitrogens with one attached hydrogen (secondary N) is 1. The van der Waals surface area contributed by atoms with Gasteiger partial charge in [0, 0.05) is 0 Å². The zero-order chi connectivity index (χ0) is 16.8. The predicted molar refractivity (Wildman–Crippen MR) is 91.0 cm³/mol. The van der Waals surface area contributed by atoms with Crippen LogP contribution < -0.4 is 14.8 Å². The molecule has 0 aromatic heterocycles. The van der Waals surface area contributed by atoms with Crippen molar-refractivity contribution in [3.05, 3.63) is 59.2 Å². The third-order valence-corrected chi connectivity index (χ3v) is 3.84. The number of carbonyl (C=O) groups excluding carboxylic acids is 1. The number of ether oxygens (including phenoxy) is 2. The highest BCUT2D eigenvalue weighted by Gasteiger charge is 2.11.